The Hall–Kier alpha value is -3.36. The Morgan fingerprint density at radius 3 is 2.42 bits per heavy atom. The van der Waals surface area contributed by atoms with E-state index in [2.05, 4.69) is 5.32 Å². The van der Waals surface area contributed by atoms with Crippen LogP contribution >= 0.6 is 11.3 Å². The molecule has 0 aliphatic rings. The molecular weight excluding hydrogens is 440 g/mol. The number of hydrogen-bond donors (Lipinski definition) is 1. The number of ether oxygens (including phenoxy) is 3. The molecule has 0 spiro atoms. The van der Waals surface area contributed by atoms with E-state index in [-0.39, 0.29) is 19.1 Å². The number of hydrogen-bond acceptors (Lipinski definition) is 7. The molecule has 2 aromatic carbocycles. The minimum absolute atomic E-state index is 0.181. The van der Waals surface area contributed by atoms with Gasteiger partial charge < -0.3 is 19.5 Å². The lowest BCUT2D eigenvalue weighted by atomic mass is 10.0. The molecule has 1 heterocycles. The van der Waals surface area contributed by atoms with Gasteiger partial charge in [0.1, 0.15) is 10.6 Å². The summed E-state index contributed by atoms with van der Waals surface area (Å²) in [6.45, 7) is 2.80. The fraction of sp³-hybridized carbons (Fsp3) is 0.280. The minimum Gasteiger partial charge on any atom is -0.493 e. The van der Waals surface area contributed by atoms with Crippen LogP contribution in [0.1, 0.15) is 22.8 Å². The van der Waals surface area contributed by atoms with E-state index in [1.54, 1.807) is 33.3 Å². The first-order chi connectivity index (χ1) is 16.0. The molecule has 3 rings (SSSR count). The van der Waals surface area contributed by atoms with Gasteiger partial charge in [-0.3, -0.25) is 9.69 Å². The second-order valence-electron chi connectivity index (χ2n) is 7.35. The number of nitrogens with zero attached hydrogens (tertiary/aromatic N) is 1. The number of likely N-dealkylation sites (N-methyl/N-ethyl adjacent to an activating group) is 1. The molecule has 0 aliphatic heterocycles. The van der Waals surface area contributed by atoms with Crippen LogP contribution in [-0.4, -0.2) is 51.2 Å². The Kier molecular flexibility index (Phi) is 8.46. The zero-order valence-electron chi connectivity index (χ0n) is 19.2. The fourth-order valence-electron chi connectivity index (χ4n) is 3.43. The van der Waals surface area contributed by atoms with Crippen molar-refractivity contribution < 1.29 is 23.8 Å². The largest absolute Gasteiger partial charge is 0.493 e. The highest BCUT2D eigenvalue weighted by Gasteiger charge is 2.24. The molecule has 7 nitrogen and oxygen atoms in total. The number of esters is 1. The highest BCUT2D eigenvalue weighted by Crippen LogP contribution is 2.39. The molecule has 0 unspecified atom stereocenters. The number of carbonyl (C=O) groups is 2. The molecule has 1 aromatic heterocycles. The summed E-state index contributed by atoms with van der Waals surface area (Å²) in [4.78, 5) is 27.5. The summed E-state index contributed by atoms with van der Waals surface area (Å²) < 4.78 is 16.0. The zero-order chi connectivity index (χ0) is 23.8. The van der Waals surface area contributed by atoms with Gasteiger partial charge in [0.2, 0.25) is 5.91 Å². The predicted molar refractivity (Wildman–Crippen MR) is 130 cm³/mol. The van der Waals surface area contributed by atoms with Gasteiger partial charge in [-0.1, -0.05) is 36.4 Å². The van der Waals surface area contributed by atoms with Gasteiger partial charge in [0, 0.05) is 17.5 Å². The third kappa shape index (κ3) is 6.12. The van der Waals surface area contributed by atoms with E-state index in [1.165, 1.54) is 11.3 Å². The third-order valence-corrected chi connectivity index (χ3v) is 5.82. The van der Waals surface area contributed by atoms with Gasteiger partial charge in [-0.2, -0.15) is 0 Å². The molecule has 3 aromatic rings. The summed E-state index contributed by atoms with van der Waals surface area (Å²) in [5.41, 5.74) is 2.86. The van der Waals surface area contributed by atoms with Crippen LogP contribution in [0.2, 0.25) is 0 Å². The first-order valence-electron chi connectivity index (χ1n) is 10.5. The summed E-state index contributed by atoms with van der Waals surface area (Å²) in [6.07, 6.45) is 0. The van der Waals surface area contributed by atoms with Gasteiger partial charge in [0.25, 0.3) is 0 Å². The van der Waals surface area contributed by atoms with E-state index in [0.717, 1.165) is 11.1 Å². The maximum atomic E-state index is 12.8. The van der Waals surface area contributed by atoms with Crippen molar-refractivity contribution in [2.45, 2.75) is 13.5 Å². The average molecular weight is 469 g/mol. The Balaban J connectivity index is 1.83. The van der Waals surface area contributed by atoms with E-state index < -0.39 is 5.97 Å². The molecule has 0 bridgehead atoms. The Labute approximate surface area is 197 Å². The van der Waals surface area contributed by atoms with Crippen LogP contribution in [0.25, 0.3) is 11.1 Å². The molecule has 174 valence electrons. The van der Waals surface area contributed by atoms with Crippen LogP contribution in [0.3, 0.4) is 0 Å². The van der Waals surface area contributed by atoms with Gasteiger partial charge in [-0.25, -0.2) is 4.79 Å². The monoisotopic (exact) mass is 468 g/mol. The fourth-order valence-corrected chi connectivity index (χ4v) is 4.41. The van der Waals surface area contributed by atoms with Gasteiger partial charge >= 0.3 is 5.97 Å². The molecule has 0 saturated carbocycles. The van der Waals surface area contributed by atoms with Crippen LogP contribution in [-0.2, 0) is 16.1 Å². The standard InChI is InChI=1S/C25H28N2O5S/c1-5-32-25(29)23-19(18-11-12-20(30-3)21(13-18)31-4)16-33-24(23)26-22(28)15-27(2)14-17-9-7-6-8-10-17/h6-13,16H,5,14-15H2,1-4H3,(H,26,28). The third-order valence-electron chi connectivity index (χ3n) is 4.93. The van der Waals surface area contributed by atoms with Crippen molar-refractivity contribution in [1.29, 1.82) is 0 Å². The number of anilines is 1. The average Bonchev–Trinajstić information content (AvgIpc) is 3.22. The Morgan fingerprint density at radius 1 is 1.03 bits per heavy atom. The number of benzene rings is 2. The first-order valence-corrected chi connectivity index (χ1v) is 11.4. The zero-order valence-corrected chi connectivity index (χ0v) is 20.0. The molecule has 0 aliphatic carbocycles. The molecule has 0 fully saturated rings. The van der Waals surface area contributed by atoms with Crippen molar-refractivity contribution in [3.8, 4) is 22.6 Å². The van der Waals surface area contributed by atoms with Crippen LogP contribution < -0.4 is 14.8 Å². The number of amides is 1. The second-order valence-corrected chi connectivity index (χ2v) is 8.23. The van der Waals surface area contributed by atoms with Crippen molar-refractivity contribution in [2.75, 3.05) is 39.7 Å². The van der Waals surface area contributed by atoms with Crippen molar-refractivity contribution in [1.82, 2.24) is 4.90 Å². The summed E-state index contributed by atoms with van der Waals surface area (Å²) >= 11 is 1.28. The molecular formula is C25H28N2O5S. The van der Waals surface area contributed by atoms with Crippen LogP contribution in [0, 0.1) is 0 Å². The maximum Gasteiger partial charge on any atom is 0.341 e. The summed E-state index contributed by atoms with van der Waals surface area (Å²) in [5.74, 6) is 0.435. The highest BCUT2D eigenvalue weighted by atomic mass is 32.1. The van der Waals surface area contributed by atoms with Crippen molar-refractivity contribution in [3.63, 3.8) is 0 Å². The van der Waals surface area contributed by atoms with E-state index >= 15 is 0 Å². The molecule has 33 heavy (non-hydrogen) atoms. The summed E-state index contributed by atoms with van der Waals surface area (Å²) in [7, 11) is 5.00. The van der Waals surface area contributed by atoms with Crippen molar-refractivity contribution in [3.05, 3.63) is 65.0 Å². The van der Waals surface area contributed by atoms with Crippen LogP contribution in [0.4, 0.5) is 5.00 Å². The number of thiophene rings is 1. The topological polar surface area (TPSA) is 77.1 Å². The Bertz CT molecular complexity index is 1100. The van der Waals surface area contributed by atoms with Gasteiger partial charge in [-0.05, 0) is 37.2 Å². The second kappa shape index (κ2) is 11.5. The minimum atomic E-state index is -0.489. The Morgan fingerprint density at radius 2 is 1.76 bits per heavy atom. The summed E-state index contributed by atoms with van der Waals surface area (Å²) in [5, 5.41) is 5.17. The van der Waals surface area contributed by atoms with E-state index in [1.807, 2.05) is 53.7 Å². The SMILES string of the molecule is CCOC(=O)c1c(-c2ccc(OC)c(OC)c2)csc1NC(=O)CN(C)Cc1ccccc1. The van der Waals surface area contributed by atoms with Gasteiger partial charge in [0.05, 0.1) is 27.4 Å². The van der Waals surface area contributed by atoms with Crippen molar-refractivity contribution in [2.24, 2.45) is 0 Å². The van der Waals surface area contributed by atoms with Crippen LogP contribution in [0.5, 0.6) is 11.5 Å². The normalized spacial score (nSPS) is 10.7. The molecule has 0 atom stereocenters. The number of rotatable bonds is 10. The van der Waals surface area contributed by atoms with Crippen molar-refractivity contribution >= 4 is 28.2 Å². The number of carbonyl (C=O) groups excluding carboxylic acids is 2. The number of methoxy groups -OCH3 is 2. The van der Waals surface area contributed by atoms with E-state index in [0.29, 0.717) is 34.2 Å². The molecule has 1 amide bonds. The molecule has 0 saturated heterocycles. The van der Waals surface area contributed by atoms with Gasteiger partial charge in [-0.15, -0.1) is 11.3 Å². The van der Waals surface area contributed by atoms with Gasteiger partial charge in [0.15, 0.2) is 11.5 Å². The van der Waals surface area contributed by atoms with Crippen LogP contribution in [0.15, 0.2) is 53.9 Å². The lowest BCUT2D eigenvalue weighted by Gasteiger charge is -2.16. The number of nitrogens with one attached hydrogen (secondary N) is 1. The molecule has 0 radical (unpaired) electrons. The lowest BCUT2D eigenvalue weighted by molar-refractivity contribution is -0.117. The lowest BCUT2D eigenvalue weighted by Crippen LogP contribution is -2.30. The predicted octanol–water partition coefficient (Wildman–Crippen LogP) is 4.68. The quantitative estimate of drug-likeness (QED) is 0.436. The van der Waals surface area contributed by atoms with E-state index in [9.17, 15) is 9.59 Å². The van der Waals surface area contributed by atoms with E-state index in [4.69, 9.17) is 14.2 Å². The smallest absolute Gasteiger partial charge is 0.341 e. The maximum absolute atomic E-state index is 12.8. The highest BCUT2D eigenvalue weighted by molar-refractivity contribution is 7.15. The summed E-state index contributed by atoms with van der Waals surface area (Å²) in [6, 6.07) is 15.3. The first kappa shape index (κ1) is 24.3. The molecule has 8 heteroatoms. The molecule has 1 N–H and O–H groups in total.